The summed E-state index contributed by atoms with van der Waals surface area (Å²) in [7, 11) is -1.65. The highest BCUT2D eigenvalue weighted by atomic mass is 32.2. The van der Waals surface area contributed by atoms with E-state index in [0.717, 1.165) is 32.2 Å². The fourth-order valence-corrected chi connectivity index (χ4v) is 8.10. The van der Waals surface area contributed by atoms with Gasteiger partial charge >= 0.3 is 0 Å². The Morgan fingerprint density at radius 1 is 0.933 bits per heavy atom. The van der Waals surface area contributed by atoms with Gasteiger partial charge in [0.15, 0.2) is 15.7 Å². The molecule has 4 aliphatic heterocycles. The highest BCUT2D eigenvalue weighted by Crippen LogP contribution is 2.39. The molecule has 0 aliphatic carbocycles. The van der Waals surface area contributed by atoms with Gasteiger partial charge in [-0.25, -0.2) is 21.9 Å². The summed E-state index contributed by atoms with van der Waals surface area (Å²) in [6.07, 6.45) is 4.34. The molecular weight excluding hydrogens is 602 g/mol. The number of aryl methyl sites for hydroxylation is 2. The minimum atomic E-state index is -3.18. The van der Waals surface area contributed by atoms with Crippen molar-refractivity contribution in [2.75, 3.05) is 54.4 Å². The lowest BCUT2D eigenvalue weighted by atomic mass is 9.89. The number of rotatable bonds is 1. The highest BCUT2D eigenvalue weighted by Gasteiger charge is 2.39. The minimum absolute atomic E-state index is 0.0209. The van der Waals surface area contributed by atoms with E-state index < -0.39 is 27.4 Å². The second-order valence-corrected chi connectivity index (χ2v) is 15.3. The number of fused-ring (bicyclic) bond motifs is 8. The maximum absolute atomic E-state index is 15.5. The molecule has 7 rings (SSSR count). The van der Waals surface area contributed by atoms with Gasteiger partial charge in [-0.05, 0) is 49.9 Å². The van der Waals surface area contributed by atoms with Crippen molar-refractivity contribution in [3.8, 4) is 0 Å². The van der Waals surface area contributed by atoms with Gasteiger partial charge < -0.3 is 19.7 Å². The quantitative estimate of drug-likeness (QED) is 0.425. The summed E-state index contributed by atoms with van der Waals surface area (Å²) in [6, 6.07) is 7.63. The number of benzene rings is 1. The number of aromatic nitrogens is 3. The van der Waals surface area contributed by atoms with Crippen molar-refractivity contribution >= 4 is 32.2 Å². The van der Waals surface area contributed by atoms with Gasteiger partial charge in [0.05, 0.1) is 22.9 Å². The molecule has 0 unspecified atom stereocenters. The van der Waals surface area contributed by atoms with Crippen LogP contribution in [0.1, 0.15) is 62.6 Å². The van der Waals surface area contributed by atoms with Gasteiger partial charge in [-0.3, -0.25) is 9.59 Å². The van der Waals surface area contributed by atoms with Gasteiger partial charge in [0.25, 0.3) is 17.0 Å². The van der Waals surface area contributed by atoms with Crippen LogP contribution in [0, 0.1) is 5.92 Å². The molecule has 4 aliphatic rings. The Labute approximate surface area is 261 Å². The van der Waals surface area contributed by atoms with Crippen molar-refractivity contribution in [3.05, 3.63) is 62.2 Å². The number of nitrogens with zero attached hydrogens (tertiary/aromatic N) is 5. The first-order valence-electron chi connectivity index (χ1n) is 16.0. The van der Waals surface area contributed by atoms with Gasteiger partial charge in [0.2, 0.25) is 0 Å². The summed E-state index contributed by atoms with van der Waals surface area (Å²) in [4.78, 5) is 31.6. The lowest BCUT2D eigenvalue weighted by molar-refractivity contribution is -0.0568. The maximum Gasteiger partial charge on any atom is 0.291 e. The molecule has 0 radical (unpaired) electrons. The van der Waals surface area contributed by atoms with Crippen LogP contribution in [-0.4, -0.2) is 71.9 Å². The number of hydrogen-bond donors (Lipinski definition) is 1. The number of sulfone groups is 1. The smallest absolute Gasteiger partial charge is 0.291 e. The Morgan fingerprint density at radius 3 is 2.36 bits per heavy atom. The average molecular weight is 645 g/mol. The van der Waals surface area contributed by atoms with Gasteiger partial charge in [-0.15, -0.1) is 0 Å². The third-order valence-electron chi connectivity index (χ3n) is 9.55. The molecule has 8 bridgehead atoms. The van der Waals surface area contributed by atoms with Crippen LogP contribution in [0.3, 0.4) is 0 Å². The van der Waals surface area contributed by atoms with E-state index in [9.17, 15) is 18.0 Å². The number of anilines is 2. The summed E-state index contributed by atoms with van der Waals surface area (Å²) in [5, 5.41) is 8.29. The highest BCUT2D eigenvalue weighted by molar-refractivity contribution is 7.91. The van der Waals surface area contributed by atoms with Gasteiger partial charge in [0, 0.05) is 51.8 Å². The maximum atomic E-state index is 15.5. The molecule has 0 saturated carbocycles. The summed E-state index contributed by atoms with van der Waals surface area (Å²) >= 11 is 0. The van der Waals surface area contributed by atoms with Crippen LogP contribution in [-0.2, 0) is 29.4 Å². The van der Waals surface area contributed by atoms with Gasteiger partial charge in [-0.2, -0.15) is 5.10 Å². The molecule has 3 aromatic rings. The molecule has 1 N–H and O–H groups in total. The molecule has 13 heteroatoms. The van der Waals surface area contributed by atoms with E-state index in [4.69, 9.17) is 0 Å². The summed E-state index contributed by atoms with van der Waals surface area (Å²) in [6.45, 7) is 4.83. The van der Waals surface area contributed by atoms with Crippen molar-refractivity contribution in [2.24, 2.45) is 13.0 Å². The minimum Gasteiger partial charge on any atom is -0.365 e. The van der Waals surface area contributed by atoms with Crippen molar-refractivity contribution < 1.29 is 17.2 Å². The van der Waals surface area contributed by atoms with E-state index in [1.54, 1.807) is 23.1 Å². The van der Waals surface area contributed by atoms with E-state index in [1.165, 1.54) is 28.4 Å². The number of hydrogen-bond acceptors (Lipinski definition) is 8. The largest absolute Gasteiger partial charge is 0.365 e. The first-order chi connectivity index (χ1) is 21.4. The molecule has 1 aromatic carbocycles. The van der Waals surface area contributed by atoms with Crippen LogP contribution in [0.2, 0.25) is 0 Å². The van der Waals surface area contributed by atoms with Crippen molar-refractivity contribution in [3.63, 3.8) is 0 Å². The van der Waals surface area contributed by atoms with E-state index in [1.807, 2.05) is 6.92 Å². The molecular formula is C32H42F2N6O4S. The van der Waals surface area contributed by atoms with Crippen LogP contribution in [0.15, 0.2) is 39.9 Å². The number of nitrogens with one attached hydrogen (secondary N) is 1. The number of pyridine rings is 1. The molecule has 0 amide bonds. The average Bonchev–Trinajstić information content (AvgIpc) is 2.98. The lowest BCUT2D eigenvalue weighted by Gasteiger charge is -2.41. The van der Waals surface area contributed by atoms with Crippen LogP contribution >= 0.6 is 0 Å². The first-order valence-corrected chi connectivity index (χ1v) is 17.8. The second-order valence-electron chi connectivity index (χ2n) is 13.0. The Hall–Kier alpha value is -3.32. The van der Waals surface area contributed by atoms with Crippen molar-refractivity contribution in [1.29, 1.82) is 0 Å². The lowest BCUT2D eigenvalue weighted by Crippen LogP contribution is -2.48. The fraction of sp³-hybridized carbons (Fsp3) is 0.594. The molecule has 2 fully saturated rings. The van der Waals surface area contributed by atoms with Crippen molar-refractivity contribution in [2.45, 2.75) is 64.0 Å². The molecule has 0 spiro atoms. The predicted octanol–water partition coefficient (Wildman–Crippen LogP) is 3.88. The zero-order chi connectivity index (χ0) is 31.9. The van der Waals surface area contributed by atoms with E-state index in [-0.39, 0.29) is 53.6 Å². The second kappa shape index (κ2) is 12.5. The zero-order valence-corrected chi connectivity index (χ0v) is 26.8. The normalized spacial score (nSPS) is 25.6. The third kappa shape index (κ3) is 6.65. The number of alkyl halides is 2. The first kappa shape index (κ1) is 31.7. The summed E-state index contributed by atoms with van der Waals surface area (Å²) in [5.41, 5.74) is 0.431. The van der Waals surface area contributed by atoms with E-state index >= 15 is 8.78 Å². The molecule has 1 atom stereocenters. The molecule has 6 heterocycles. The van der Waals surface area contributed by atoms with Crippen LogP contribution in [0.5, 0.6) is 0 Å². The fourth-order valence-electron chi connectivity index (χ4n) is 6.89. The Morgan fingerprint density at radius 2 is 1.62 bits per heavy atom. The molecule has 2 aromatic heterocycles. The summed E-state index contributed by atoms with van der Waals surface area (Å²) < 4.78 is 58.0. The summed E-state index contributed by atoms with van der Waals surface area (Å²) in [5.74, 6) is -2.76. The van der Waals surface area contributed by atoms with Crippen LogP contribution < -0.4 is 21.3 Å². The zero-order valence-electron chi connectivity index (χ0n) is 26.0. The van der Waals surface area contributed by atoms with Gasteiger partial charge in [-0.1, -0.05) is 37.5 Å². The molecule has 2 saturated heterocycles. The van der Waals surface area contributed by atoms with Crippen LogP contribution in [0.25, 0.3) is 10.9 Å². The topological polar surface area (TPSA) is 110 Å². The van der Waals surface area contributed by atoms with Crippen LogP contribution in [0.4, 0.5) is 20.3 Å². The predicted molar refractivity (Wildman–Crippen MR) is 172 cm³/mol. The molecule has 10 nitrogen and oxygen atoms in total. The molecule has 45 heavy (non-hydrogen) atoms. The monoisotopic (exact) mass is 644 g/mol. The Kier molecular flexibility index (Phi) is 8.77. The Bertz CT molecular complexity index is 1790. The number of halogens is 2. The standard InChI is InChI=1S/C32H42F2N6O4S/c1-22-24-9-8-10-25(17-24)32(33,34)19-23-20-38(21-23)11-6-4-3-5-7-12-40-28-26(29(35-22)36-37(2)31(28)42)18-27(30(40)41)39-13-15-45(43,44)16-14-39/h8-10,17-18,22-23H,3-7,11-16,19-21H2,1-2H3,(H,35,36)/t22-/m1/s1. The molecule has 244 valence electrons. The van der Waals surface area contributed by atoms with Crippen molar-refractivity contribution in [1.82, 2.24) is 19.2 Å². The third-order valence-corrected chi connectivity index (χ3v) is 11.2. The van der Waals surface area contributed by atoms with E-state index in [0.29, 0.717) is 48.5 Å². The van der Waals surface area contributed by atoms with Gasteiger partial charge in [0.1, 0.15) is 11.2 Å². The SMILES string of the molecule is C[C@H]1Nc2nn(C)c(=O)c3c2cc(N2CCS(=O)(=O)CC2)c(=O)n3CCCCCCCN2CC(C2)CC(F)(F)c2cccc1c2. The van der Waals surface area contributed by atoms with E-state index in [2.05, 4.69) is 15.3 Å². The Balaban J connectivity index is 1.43.